The first-order chi connectivity index (χ1) is 16.8. The Balaban J connectivity index is 1.81. The van der Waals surface area contributed by atoms with Crippen LogP contribution >= 0.6 is 0 Å². The molecule has 0 aromatic heterocycles. The molecule has 3 nitrogen and oxygen atoms in total. The summed E-state index contributed by atoms with van der Waals surface area (Å²) in [7, 11) is 0. The lowest BCUT2D eigenvalue weighted by Gasteiger charge is -2.34. The Labute approximate surface area is 208 Å². The van der Waals surface area contributed by atoms with Gasteiger partial charge in [0.05, 0.1) is 0 Å². The standard InChI is InChI=1S/C32H34O3/c1-4-5-22-31(2,24-10-16-28(33)17-11-24)23-6-8-25(9-7-23)32(3,26-12-18-29(34)19-13-26)27-14-20-30(35)21-15-27/h6-21,33-35H,4-5,22H2,1-3H3. The molecule has 0 aliphatic rings. The van der Waals surface area contributed by atoms with Gasteiger partial charge >= 0.3 is 0 Å². The predicted molar refractivity (Wildman–Crippen MR) is 142 cm³/mol. The summed E-state index contributed by atoms with van der Waals surface area (Å²) < 4.78 is 0. The highest BCUT2D eigenvalue weighted by Gasteiger charge is 2.33. The van der Waals surface area contributed by atoms with Gasteiger partial charge in [-0.15, -0.1) is 0 Å². The molecule has 0 aliphatic heterocycles. The van der Waals surface area contributed by atoms with Crippen LogP contribution in [0.25, 0.3) is 0 Å². The molecule has 0 bridgehead atoms. The summed E-state index contributed by atoms with van der Waals surface area (Å²) in [4.78, 5) is 0. The van der Waals surface area contributed by atoms with Crippen molar-refractivity contribution in [2.45, 2.75) is 50.9 Å². The van der Waals surface area contributed by atoms with Gasteiger partial charge in [-0.1, -0.05) is 87.4 Å². The Hall–Kier alpha value is -3.72. The number of hydrogen-bond acceptors (Lipinski definition) is 3. The molecule has 3 heteroatoms. The second kappa shape index (κ2) is 9.87. The normalized spacial score (nSPS) is 13.3. The van der Waals surface area contributed by atoms with E-state index in [-0.39, 0.29) is 22.7 Å². The third-order valence-electron chi connectivity index (χ3n) is 7.52. The fourth-order valence-electron chi connectivity index (χ4n) is 5.08. The van der Waals surface area contributed by atoms with Crippen molar-refractivity contribution in [1.29, 1.82) is 0 Å². The van der Waals surface area contributed by atoms with Crippen LogP contribution in [0, 0.1) is 0 Å². The van der Waals surface area contributed by atoms with Crippen molar-refractivity contribution in [3.63, 3.8) is 0 Å². The highest BCUT2D eigenvalue weighted by atomic mass is 16.3. The fourth-order valence-corrected chi connectivity index (χ4v) is 5.08. The second-order valence-electron chi connectivity index (χ2n) is 9.78. The van der Waals surface area contributed by atoms with Crippen LogP contribution in [0.4, 0.5) is 0 Å². The molecule has 1 atom stereocenters. The zero-order valence-electron chi connectivity index (χ0n) is 20.7. The lowest BCUT2D eigenvalue weighted by Crippen LogP contribution is -2.27. The highest BCUT2D eigenvalue weighted by molar-refractivity contribution is 5.52. The minimum atomic E-state index is -0.474. The molecule has 0 saturated carbocycles. The number of rotatable bonds is 8. The van der Waals surface area contributed by atoms with E-state index in [1.54, 1.807) is 36.4 Å². The molecule has 4 rings (SSSR count). The number of unbranched alkanes of at least 4 members (excludes halogenated alkanes) is 1. The Morgan fingerprint density at radius 3 is 1.11 bits per heavy atom. The molecule has 0 fully saturated rings. The minimum Gasteiger partial charge on any atom is -0.508 e. The van der Waals surface area contributed by atoms with Crippen LogP contribution in [0.3, 0.4) is 0 Å². The zero-order chi connectivity index (χ0) is 25.1. The van der Waals surface area contributed by atoms with E-state index in [4.69, 9.17) is 0 Å². The molecule has 0 radical (unpaired) electrons. The minimum absolute atomic E-state index is 0.171. The quantitative estimate of drug-likeness (QED) is 0.234. The first kappa shape index (κ1) is 24.4. The van der Waals surface area contributed by atoms with Crippen molar-refractivity contribution in [2.75, 3.05) is 0 Å². The molecule has 35 heavy (non-hydrogen) atoms. The molecular formula is C32H34O3. The van der Waals surface area contributed by atoms with Crippen molar-refractivity contribution in [3.8, 4) is 17.2 Å². The third kappa shape index (κ3) is 4.77. The first-order valence-corrected chi connectivity index (χ1v) is 12.3. The van der Waals surface area contributed by atoms with Crippen LogP contribution in [-0.4, -0.2) is 15.3 Å². The molecule has 180 valence electrons. The maximum Gasteiger partial charge on any atom is 0.115 e. The van der Waals surface area contributed by atoms with Gasteiger partial charge in [-0.05, 0) is 77.6 Å². The van der Waals surface area contributed by atoms with Gasteiger partial charge in [0.1, 0.15) is 17.2 Å². The molecule has 4 aromatic carbocycles. The van der Waals surface area contributed by atoms with E-state index in [2.05, 4.69) is 45.0 Å². The van der Waals surface area contributed by atoms with E-state index in [0.29, 0.717) is 0 Å². The van der Waals surface area contributed by atoms with Gasteiger partial charge in [0.15, 0.2) is 0 Å². The smallest absolute Gasteiger partial charge is 0.115 e. The summed E-state index contributed by atoms with van der Waals surface area (Å²) in [6.07, 6.45) is 3.24. The Bertz CT molecular complexity index is 1190. The molecule has 0 spiro atoms. The van der Waals surface area contributed by atoms with E-state index in [0.717, 1.165) is 36.0 Å². The molecule has 0 heterocycles. The lowest BCUT2D eigenvalue weighted by atomic mass is 9.69. The van der Waals surface area contributed by atoms with E-state index < -0.39 is 5.41 Å². The van der Waals surface area contributed by atoms with Crippen molar-refractivity contribution in [3.05, 3.63) is 125 Å². The molecule has 1 unspecified atom stereocenters. The average Bonchev–Trinajstić information content (AvgIpc) is 2.88. The highest BCUT2D eigenvalue weighted by Crippen LogP contribution is 2.42. The summed E-state index contributed by atoms with van der Waals surface area (Å²) in [5, 5.41) is 29.6. The molecule has 0 amide bonds. The Kier molecular flexibility index (Phi) is 6.88. The molecule has 0 saturated heterocycles. The summed E-state index contributed by atoms with van der Waals surface area (Å²) >= 11 is 0. The maximum absolute atomic E-state index is 9.87. The fraction of sp³-hybridized carbons (Fsp3) is 0.250. The first-order valence-electron chi connectivity index (χ1n) is 12.3. The lowest BCUT2D eigenvalue weighted by molar-refractivity contribution is 0.470. The number of aromatic hydroxyl groups is 3. The van der Waals surface area contributed by atoms with Crippen molar-refractivity contribution >= 4 is 0 Å². The number of phenolic OH excluding ortho intramolecular Hbond substituents is 3. The van der Waals surface area contributed by atoms with Gasteiger partial charge in [-0.25, -0.2) is 0 Å². The van der Waals surface area contributed by atoms with Crippen molar-refractivity contribution in [2.24, 2.45) is 0 Å². The van der Waals surface area contributed by atoms with Crippen LogP contribution in [0.2, 0.25) is 0 Å². The monoisotopic (exact) mass is 466 g/mol. The van der Waals surface area contributed by atoms with Gasteiger partial charge in [0.2, 0.25) is 0 Å². The third-order valence-corrected chi connectivity index (χ3v) is 7.52. The Morgan fingerprint density at radius 2 is 0.771 bits per heavy atom. The SMILES string of the molecule is CCCCC(C)(c1ccc(O)cc1)c1ccc(C(C)(c2ccc(O)cc2)c2ccc(O)cc2)cc1. The van der Waals surface area contributed by atoms with Gasteiger partial charge in [0.25, 0.3) is 0 Å². The summed E-state index contributed by atoms with van der Waals surface area (Å²) in [5.41, 5.74) is 5.02. The average molecular weight is 467 g/mol. The molecular weight excluding hydrogens is 432 g/mol. The molecule has 3 N–H and O–H groups in total. The van der Waals surface area contributed by atoms with E-state index in [1.807, 2.05) is 36.4 Å². The predicted octanol–water partition coefficient (Wildman–Crippen LogP) is 7.65. The van der Waals surface area contributed by atoms with Gasteiger partial charge in [-0.3, -0.25) is 0 Å². The van der Waals surface area contributed by atoms with Gasteiger partial charge < -0.3 is 15.3 Å². The van der Waals surface area contributed by atoms with Crippen LogP contribution < -0.4 is 0 Å². The number of phenols is 3. The van der Waals surface area contributed by atoms with E-state index in [1.165, 1.54) is 11.1 Å². The molecule has 4 aromatic rings. The van der Waals surface area contributed by atoms with Crippen molar-refractivity contribution in [1.82, 2.24) is 0 Å². The van der Waals surface area contributed by atoms with Crippen LogP contribution in [0.15, 0.2) is 97.1 Å². The van der Waals surface area contributed by atoms with Crippen LogP contribution in [0.5, 0.6) is 17.2 Å². The number of hydrogen-bond donors (Lipinski definition) is 3. The molecule has 0 aliphatic carbocycles. The van der Waals surface area contributed by atoms with Crippen LogP contribution in [-0.2, 0) is 10.8 Å². The van der Waals surface area contributed by atoms with Crippen LogP contribution in [0.1, 0.15) is 67.9 Å². The van der Waals surface area contributed by atoms with Gasteiger partial charge in [0, 0.05) is 10.8 Å². The maximum atomic E-state index is 9.87. The zero-order valence-corrected chi connectivity index (χ0v) is 20.7. The summed E-state index contributed by atoms with van der Waals surface area (Å²) in [5.74, 6) is 0.746. The Morgan fingerprint density at radius 1 is 0.486 bits per heavy atom. The number of benzene rings is 4. The summed E-state index contributed by atoms with van der Waals surface area (Å²) in [6.45, 7) is 6.67. The van der Waals surface area contributed by atoms with Crippen molar-refractivity contribution < 1.29 is 15.3 Å². The van der Waals surface area contributed by atoms with Gasteiger partial charge in [-0.2, -0.15) is 0 Å². The summed E-state index contributed by atoms with van der Waals surface area (Å²) in [6, 6.07) is 31.1. The van der Waals surface area contributed by atoms with E-state index in [9.17, 15) is 15.3 Å². The topological polar surface area (TPSA) is 60.7 Å². The van der Waals surface area contributed by atoms with E-state index >= 15 is 0 Å². The second-order valence-corrected chi connectivity index (χ2v) is 9.78. The largest absolute Gasteiger partial charge is 0.508 e.